The Kier molecular flexibility index (Phi) is 5.33. The first-order valence-corrected chi connectivity index (χ1v) is 9.25. The standard InChI is InChI=1S/C16H11Cl2NO2S2/c17-10-6-11(18)8-12(7-10)19-15(20)9-23-16-4-3-13(21-16)14-2-1-5-22-14/h1-8H,9H2,(H,19,20). The lowest BCUT2D eigenvalue weighted by Gasteiger charge is -2.05. The molecule has 0 spiro atoms. The average Bonchev–Trinajstić information content (AvgIpc) is 3.15. The number of rotatable bonds is 5. The second kappa shape index (κ2) is 7.45. The highest BCUT2D eigenvalue weighted by molar-refractivity contribution is 7.99. The zero-order valence-corrected chi connectivity index (χ0v) is 14.9. The summed E-state index contributed by atoms with van der Waals surface area (Å²) in [4.78, 5) is 13.1. The molecule has 0 atom stereocenters. The zero-order chi connectivity index (χ0) is 16.2. The molecule has 0 aliphatic rings. The number of halogens is 2. The van der Waals surface area contributed by atoms with Crippen LogP contribution in [0.5, 0.6) is 0 Å². The molecular weight excluding hydrogens is 373 g/mol. The zero-order valence-electron chi connectivity index (χ0n) is 11.7. The predicted molar refractivity (Wildman–Crippen MR) is 97.8 cm³/mol. The van der Waals surface area contributed by atoms with Crippen LogP contribution in [0.3, 0.4) is 0 Å². The maximum Gasteiger partial charge on any atom is 0.234 e. The Bertz CT molecular complexity index is 795. The van der Waals surface area contributed by atoms with Crippen LogP contribution in [-0.2, 0) is 4.79 Å². The molecule has 1 aromatic carbocycles. The molecule has 1 N–H and O–H groups in total. The molecule has 3 nitrogen and oxygen atoms in total. The van der Waals surface area contributed by atoms with Crippen LogP contribution in [-0.4, -0.2) is 11.7 Å². The lowest BCUT2D eigenvalue weighted by atomic mass is 10.3. The molecule has 1 amide bonds. The summed E-state index contributed by atoms with van der Waals surface area (Å²) in [5.41, 5.74) is 0.576. The fourth-order valence-electron chi connectivity index (χ4n) is 1.91. The lowest BCUT2D eigenvalue weighted by Crippen LogP contribution is -2.13. The molecule has 0 aliphatic carbocycles. The molecule has 23 heavy (non-hydrogen) atoms. The number of carbonyl (C=O) groups is 1. The molecule has 3 aromatic rings. The Hall–Kier alpha value is -1.40. The maximum absolute atomic E-state index is 12.0. The number of anilines is 1. The summed E-state index contributed by atoms with van der Waals surface area (Å²) in [5, 5.41) is 6.41. The van der Waals surface area contributed by atoms with Crippen LogP contribution in [0.15, 0.2) is 57.4 Å². The van der Waals surface area contributed by atoms with Gasteiger partial charge in [0.05, 0.1) is 10.6 Å². The van der Waals surface area contributed by atoms with Gasteiger partial charge < -0.3 is 9.73 Å². The summed E-state index contributed by atoms with van der Waals surface area (Å²) < 4.78 is 5.72. The van der Waals surface area contributed by atoms with Crippen LogP contribution in [0.1, 0.15) is 0 Å². The van der Waals surface area contributed by atoms with E-state index in [1.165, 1.54) is 11.8 Å². The van der Waals surface area contributed by atoms with Gasteiger partial charge in [0.15, 0.2) is 5.09 Å². The van der Waals surface area contributed by atoms with Crippen molar-refractivity contribution in [2.24, 2.45) is 0 Å². The summed E-state index contributed by atoms with van der Waals surface area (Å²) in [6.07, 6.45) is 0. The van der Waals surface area contributed by atoms with Gasteiger partial charge in [-0.2, -0.15) is 0 Å². The molecule has 0 fully saturated rings. The van der Waals surface area contributed by atoms with E-state index in [9.17, 15) is 4.79 Å². The number of furan rings is 1. The molecule has 0 saturated heterocycles. The summed E-state index contributed by atoms with van der Waals surface area (Å²) in [6.45, 7) is 0. The minimum absolute atomic E-state index is 0.151. The summed E-state index contributed by atoms with van der Waals surface area (Å²) in [5.74, 6) is 0.897. The summed E-state index contributed by atoms with van der Waals surface area (Å²) >= 11 is 14.8. The smallest absolute Gasteiger partial charge is 0.234 e. The normalized spacial score (nSPS) is 10.7. The van der Waals surface area contributed by atoms with E-state index in [4.69, 9.17) is 27.6 Å². The first-order valence-electron chi connectivity index (χ1n) is 6.62. The number of carbonyl (C=O) groups excluding carboxylic acids is 1. The Morgan fingerprint density at radius 3 is 2.65 bits per heavy atom. The molecule has 118 valence electrons. The lowest BCUT2D eigenvalue weighted by molar-refractivity contribution is -0.113. The van der Waals surface area contributed by atoms with Crippen molar-refractivity contribution < 1.29 is 9.21 Å². The van der Waals surface area contributed by atoms with Crippen LogP contribution >= 0.6 is 46.3 Å². The van der Waals surface area contributed by atoms with E-state index < -0.39 is 0 Å². The SMILES string of the molecule is O=C(CSc1ccc(-c2cccs2)o1)Nc1cc(Cl)cc(Cl)c1. The van der Waals surface area contributed by atoms with Crippen molar-refractivity contribution >= 4 is 57.9 Å². The van der Waals surface area contributed by atoms with Gasteiger partial charge in [0, 0.05) is 15.7 Å². The monoisotopic (exact) mass is 383 g/mol. The van der Waals surface area contributed by atoms with E-state index in [1.807, 2.05) is 29.6 Å². The van der Waals surface area contributed by atoms with Gasteiger partial charge in [0.25, 0.3) is 0 Å². The van der Waals surface area contributed by atoms with Crippen molar-refractivity contribution in [3.8, 4) is 10.6 Å². The van der Waals surface area contributed by atoms with Gasteiger partial charge in [-0.15, -0.1) is 11.3 Å². The van der Waals surface area contributed by atoms with Gasteiger partial charge in [-0.1, -0.05) is 41.0 Å². The fraction of sp³-hybridized carbons (Fsp3) is 0.0625. The molecule has 0 bridgehead atoms. The van der Waals surface area contributed by atoms with E-state index in [-0.39, 0.29) is 11.7 Å². The molecular formula is C16H11Cl2NO2S2. The van der Waals surface area contributed by atoms with Crippen molar-refractivity contribution in [3.05, 3.63) is 57.9 Å². The third-order valence-corrected chi connectivity index (χ3v) is 5.07. The van der Waals surface area contributed by atoms with Crippen LogP contribution in [0, 0.1) is 0 Å². The Labute approximate surface area is 151 Å². The number of thiophene rings is 1. The van der Waals surface area contributed by atoms with Crippen LogP contribution in [0.2, 0.25) is 10.0 Å². The minimum atomic E-state index is -0.151. The number of benzene rings is 1. The van der Waals surface area contributed by atoms with Gasteiger partial charge in [-0.25, -0.2) is 0 Å². The number of thioether (sulfide) groups is 1. The topological polar surface area (TPSA) is 42.2 Å². The molecule has 3 rings (SSSR count). The van der Waals surface area contributed by atoms with E-state index in [0.717, 1.165) is 10.6 Å². The molecule has 0 saturated carbocycles. The largest absolute Gasteiger partial charge is 0.449 e. The van der Waals surface area contributed by atoms with E-state index in [2.05, 4.69) is 5.32 Å². The molecule has 0 unspecified atom stereocenters. The fourth-order valence-corrected chi connectivity index (χ4v) is 3.78. The van der Waals surface area contributed by atoms with E-state index >= 15 is 0 Å². The predicted octanol–water partition coefficient (Wildman–Crippen LogP) is 6.05. The van der Waals surface area contributed by atoms with Crippen molar-refractivity contribution in [2.75, 3.05) is 11.1 Å². The molecule has 2 aromatic heterocycles. The van der Waals surface area contributed by atoms with Gasteiger partial charge in [-0.05, 0) is 41.8 Å². The Balaban J connectivity index is 1.57. The molecule has 2 heterocycles. The van der Waals surface area contributed by atoms with E-state index in [0.29, 0.717) is 20.8 Å². The molecule has 7 heteroatoms. The van der Waals surface area contributed by atoms with Crippen molar-refractivity contribution in [3.63, 3.8) is 0 Å². The van der Waals surface area contributed by atoms with Gasteiger partial charge in [0.2, 0.25) is 5.91 Å². The van der Waals surface area contributed by atoms with Gasteiger partial charge >= 0.3 is 0 Å². The summed E-state index contributed by atoms with van der Waals surface area (Å²) in [7, 11) is 0. The molecule has 0 aliphatic heterocycles. The highest BCUT2D eigenvalue weighted by Gasteiger charge is 2.09. The number of nitrogens with one attached hydrogen (secondary N) is 1. The van der Waals surface area contributed by atoms with Crippen molar-refractivity contribution in [1.82, 2.24) is 0 Å². The first-order chi connectivity index (χ1) is 11.1. The number of hydrogen-bond acceptors (Lipinski definition) is 4. The average molecular weight is 384 g/mol. The number of hydrogen-bond donors (Lipinski definition) is 1. The van der Waals surface area contributed by atoms with Gasteiger partial charge in [-0.3, -0.25) is 4.79 Å². The Morgan fingerprint density at radius 2 is 1.96 bits per heavy atom. The van der Waals surface area contributed by atoms with Crippen LogP contribution in [0.4, 0.5) is 5.69 Å². The Morgan fingerprint density at radius 1 is 1.17 bits per heavy atom. The quantitative estimate of drug-likeness (QED) is 0.545. The summed E-state index contributed by atoms with van der Waals surface area (Å²) in [6, 6.07) is 12.6. The highest BCUT2D eigenvalue weighted by atomic mass is 35.5. The number of amides is 1. The van der Waals surface area contributed by atoms with Crippen molar-refractivity contribution in [1.29, 1.82) is 0 Å². The maximum atomic E-state index is 12.0. The van der Waals surface area contributed by atoms with E-state index in [1.54, 1.807) is 29.5 Å². The second-order valence-electron chi connectivity index (χ2n) is 4.59. The third-order valence-electron chi connectivity index (χ3n) is 2.84. The third kappa shape index (κ3) is 4.54. The second-order valence-corrected chi connectivity index (χ2v) is 7.39. The highest BCUT2D eigenvalue weighted by Crippen LogP contribution is 2.30. The van der Waals surface area contributed by atoms with Gasteiger partial charge in [0.1, 0.15) is 5.76 Å². The van der Waals surface area contributed by atoms with Crippen molar-refractivity contribution in [2.45, 2.75) is 5.09 Å². The minimum Gasteiger partial charge on any atom is -0.449 e. The van der Waals surface area contributed by atoms with Crippen LogP contribution < -0.4 is 5.32 Å². The first kappa shape index (κ1) is 16.5. The van der Waals surface area contributed by atoms with Crippen LogP contribution in [0.25, 0.3) is 10.6 Å². The molecule has 0 radical (unpaired) electrons.